The Balaban J connectivity index is 1.91. The summed E-state index contributed by atoms with van der Waals surface area (Å²) in [6.45, 7) is 5.92. The van der Waals surface area contributed by atoms with E-state index in [1.165, 1.54) is 0 Å². The van der Waals surface area contributed by atoms with Gasteiger partial charge in [0.15, 0.2) is 5.11 Å². The van der Waals surface area contributed by atoms with Crippen LogP contribution in [0.5, 0.6) is 0 Å². The molecule has 0 spiro atoms. The number of thiocarbonyl (C=S) groups is 1. The fourth-order valence-electron chi connectivity index (χ4n) is 2.31. The number of benzene rings is 2. The summed E-state index contributed by atoms with van der Waals surface area (Å²) in [5.74, 6) is -0.265. The van der Waals surface area contributed by atoms with E-state index < -0.39 is 0 Å². The maximum absolute atomic E-state index is 12.3. The molecule has 2 aromatic rings. The van der Waals surface area contributed by atoms with Crippen LogP contribution in [0.1, 0.15) is 41.3 Å². The van der Waals surface area contributed by atoms with Gasteiger partial charge in [-0.2, -0.15) is 0 Å². The molecular formula is C20H23N3O2S. The summed E-state index contributed by atoms with van der Waals surface area (Å²) in [4.78, 5) is 23.8. The third kappa shape index (κ3) is 5.67. The van der Waals surface area contributed by atoms with Gasteiger partial charge in [-0.15, -0.1) is 0 Å². The minimum Gasteiger partial charge on any atom is -0.332 e. The lowest BCUT2D eigenvalue weighted by Crippen LogP contribution is -2.34. The van der Waals surface area contributed by atoms with E-state index in [2.05, 4.69) is 16.0 Å². The fourth-order valence-corrected chi connectivity index (χ4v) is 2.52. The number of hydrogen-bond donors (Lipinski definition) is 3. The quantitative estimate of drug-likeness (QED) is 0.692. The molecule has 0 aromatic heterocycles. The highest BCUT2D eigenvalue weighted by atomic mass is 32.1. The van der Waals surface area contributed by atoms with Crippen molar-refractivity contribution in [2.75, 3.05) is 10.6 Å². The van der Waals surface area contributed by atoms with E-state index in [-0.39, 0.29) is 16.9 Å². The smallest absolute Gasteiger partial charge is 0.257 e. The van der Waals surface area contributed by atoms with E-state index >= 15 is 0 Å². The maximum Gasteiger partial charge on any atom is 0.257 e. The third-order valence-corrected chi connectivity index (χ3v) is 4.10. The Morgan fingerprint density at radius 1 is 0.923 bits per heavy atom. The van der Waals surface area contributed by atoms with E-state index in [0.29, 0.717) is 12.0 Å². The van der Waals surface area contributed by atoms with Gasteiger partial charge in [-0.25, -0.2) is 0 Å². The Labute approximate surface area is 159 Å². The third-order valence-electron chi connectivity index (χ3n) is 3.90. The van der Waals surface area contributed by atoms with Crippen LogP contribution in [0.2, 0.25) is 0 Å². The average molecular weight is 369 g/mol. The average Bonchev–Trinajstić information content (AvgIpc) is 2.59. The number of aryl methyl sites for hydroxylation is 2. The van der Waals surface area contributed by atoms with Gasteiger partial charge in [0.2, 0.25) is 5.91 Å². The second-order valence-corrected chi connectivity index (χ2v) is 6.49. The van der Waals surface area contributed by atoms with Crippen LogP contribution >= 0.6 is 12.2 Å². The van der Waals surface area contributed by atoms with E-state index in [4.69, 9.17) is 12.2 Å². The molecule has 0 aliphatic heterocycles. The van der Waals surface area contributed by atoms with Crippen LogP contribution in [0.15, 0.2) is 42.5 Å². The van der Waals surface area contributed by atoms with Gasteiger partial charge >= 0.3 is 0 Å². The summed E-state index contributed by atoms with van der Waals surface area (Å²) in [5, 5.41) is 8.66. The van der Waals surface area contributed by atoms with Gasteiger partial charge in [-0.3, -0.25) is 14.9 Å². The molecule has 0 aliphatic rings. The van der Waals surface area contributed by atoms with Crippen molar-refractivity contribution in [2.24, 2.45) is 0 Å². The van der Waals surface area contributed by atoms with E-state index in [0.717, 1.165) is 28.9 Å². The van der Waals surface area contributed by atoms with Crippen molar-refractivity contribution in [3.8, 4) is 0 Å². The first-order valence-electron chi connectivity index (χ1n) is 8.48. The van der Waals surface area contributed by atoms with Gasteiger partial charge in [0.1, 0.15) is 0 Å². The molecule has 2 rings (SSSR count). The summed E-state index contributed by atoms with van der Waals surface area (Å²) in [6, 6.07) is 12.7. The highest BCUT2D eigenvalue weighted by Gasteiger charge is 2.09. The largest absolute Gasteiger partial charge is 0.332 e. The molecule has 3 N–H and O–H groups in total. The van der Waals surface area contributed by atoms with Crippen LogP contribution in [0.4, 0.5) is 11.4 Å². The SMILES string of the molecule is CCCC(=O)Nc1ccc(NC(=S)NC(=O)c2ccc(C)c(C)c2)cc1. The summed E-state index contributed by atoms with van der Waals surface area (Å²) < 4.78 is 0. The van der Waals surface area contributed by atoms with Gasteiger partial charge in [0.25, 0.3) is 5.91 Å². The number of anilines is 2. The fraction of sp³-hybridized carbons (Fsp3) is 0.250. The topological polar surface area (TPSA) is 70.2 Å². The number of carbonyl (C=O) groups is 2. The van der Waals surface area contributed by atoms with Crippen LogP contribution in [-0.4, -0.2) is 16.9 Å². The molecule has 0 bridgehead atoms. The number of nitrogens with one attached hydrogen (secondary N) is 3. The Morgan fingerprint density at radius 2 is 1.54 bits per heavy atom. The summed E-state index contributed by atoms with van der Waals surface area (Å²) in [7, 11) is 0. The summed E-state index contributed by atoms with van der Waals surface area (Å²) in [5.41, 5.74) is 4.19. The molecule has 0 atom stereocenters. The maximum atomic E-state index is 12.3. The molecule has 0 saturated carbocycles. The van der Waals surface area contributed by atoms with Crippen LogP contribution in [0, 0.1) is 13.8 Å². The molecule has 26 heavy (non-hydrogen) atoms. The first-order chi connectivity index (χ1) is 12.4. The number of carbonyl (C=O) groups excluding carboxylic acids is 2. The van der Waals surface area contributed by atoms with Crippen molar-refractivity contribution in [1.82, 2.24) is 5.32 Å². The van der Waals surface area contributed by atoms with Crippen molar-refractivity contribution in [2.45, 2.75) is 33.6 Å². The van der Waals surface area contributed by atoms with E-state index in [9.17, 15) is 9.59 Å². The normalized spacial score (nSPS) is 10.1. The molecule has 2 aromatic carbocycles. The second-order valence-electron chi connectivity index (χ2n) is 6.08. The van der Waals surface area contributed by atoms with Gasteiger partial charge in [0.05, 0.1) is 0 Å². The zero-order chi connectivity index (χ0) is 19.1. The summed E-state index contributed by atoms with van der Waals surface area (Å²) >= 11 is 5.20. The number of amides is 2. The second kappa shape index (κ2) is 9.10. The molecule has 0 radical (unpaired) electrons. The first kappa shape index (κ1) is 19.6. The first-order valence-corrected chi connectivity index (χ1v) is 8.89. The lowest BCUT2D eigenvalue weighted by molar-refractivity contribution is -0.116. The van der Waals surface area contributed by atoms with Crippen molar-refractivity contribution < 1.29 is 9.59 Å². The lowest BCUT2D eigenvalue weighted by atomic mass is 10.1. The Bertz CT molecular complexity index is 816. The molecule has 0 heterocycles. The van der Waals surface area contributed by atoms with Crippen LogP contribution in [0.3, 0.4) is 0 Å². The zero-order valence-corrected chi connectivity index (χ0v) is 16.0. The minimum atomic E-state index is -0.256. The molecule has 136 valence electrons. The lowest BCUT2D eigenvalue weighted by Gasteiger charge is -2.11. The molecule has 2 amide bonds. The standard InChI is InChI=1S/C20H23N3O2S/c1-4-5-18(24)21-16-8-10-17(11-9-16)22-20(26)23-19(25)15-7-6-13(2)14(3)12-15/h6-12H,4-5H2,1-3H3,(H,21,24)(H2,22,23,25,26). The predicted octanol–water partition coefficient (Wildman–Crippen LogP) is 4.17. The zero-order valence-electron chi connectivity index (χ0n) is 15.2. The Hall–Kier alpha value is -2.73. The minimum absolute atomic E-state index is 0.00983. The van der Waals surface area contributed by atoms with Crippen molar-refractivity contribution in [1.29, 1.82) is 0 Å². The van der Waals surface area contributed by atoms with Gasteiger partial charge in [0, 0.05) is 23.4 Å². The van der Waals surface area contributed by atoms with Crippen LogP contribution < -0.4 is 16.0 Å². The van der Waals surface area contributed by atoms with Gasteiger partial charge in [-0.1, -0.05) is 13.0 Å². The Kier molecular flexibility index (Phi) is 6.86. The Morgan fingerprint density at radius 3 is 2.12 bits per heavy atom. The summed E-state index contributed by atoms with van der Waals surface area (Å²) in [6.07, 6.45) is 1.30. The van der Waals surface area contributed by atoms with Crippen molar-refractivity contribution in [3.63, 3.8) is 0 Å². The molecular weight excluding hydrogens is 346 g/mol. The molecule has 5 nitrogen and oxygen atoms in total. The van der Waals surface area contributed by atoms with Crippen molar-refractivity contribution >= 4 is 40.5 Å². The highest BCUT2D eigenvalue weighted by Crippen LogP contribution is 2.14. The molecule has 0 fully saturated rings. The predicted molar refractivity (Wildman–Crippen MR) is 110 cm³/mol. The number of rotatable bonds is 5. The van der Waals surface area contributed by atoms with E-state index in [1.807, 2.05) is 32.9 Å². The highest BCUT2D eigenvalue weighted by molar-refractivity contribution is 7.80. The van der Waals surface area contributed by atoms with E-state index in [1.54, 1.807) is 30.3 Å². The van der Waals surface area contributed by atoms with Crippen LogP contribution in [-0.2, 0) is 4.79 Å². The monoisotopic (exact) mass is 369 g/mol. The van der Waals surface area contributed by atoms with Crippen LogP contribution in [0.25, 0.3) is 0 Å². The number of hydrogen-bond acceptors (Lipinski definition) is 3. The molecule has 0 saturated heterocycles. The molecule has 0 aliphatic carbocycles. The van der Waals surface area contributed by atoms with Crippen molar-refractivity contribution in [3.05, 3.63) is 59.2 Å². The van der Waals surface area contributed by atoms with Gasteiger partial charge < -0.3 is 10.6 Å². The van der Waals surface area contributed by atoms with Gasteiger partial charge in [-0.05, 0) is 80.0 Å². The molecule has 0 unspecified atom stereocenters. The molecule has 6 heteroatoms.